The number of phenolic OH excluding ortho intramolecular Hbond substituents is 2. The second kappa shape index (κ2) is 5.58. The van der Waals surface area contributed by atoms with Crippen molar-refractivity contribution in [1.82, 2.24) is 0 Å². The summed E-state index contributed by atoms with van der Waals surface area (Å²) in [4.78, 5) is 1.40. The van der Waals surface area contributed by atoms with Gasteiger partial charge in [0.2, 0.25) is 0 Å². The molecule has 3 aromatic rings. The lowest BCUT2D eigenvalue weighted by Crippen LogP contribution is -1.84. The van der Waals surface area contributed by atoms with Gasteiger partial charge in [-0.05, 0) is 29.0 Å². The smallest absolute Gasteiger partial charge is 0.133 e. The second-order valence-electron chi connectivity index (χ2n) is 4.57. The number of rotatable bonds is 3. The second-order valence-corrected chi connectivity index (χ2v) is 5.62. The van der Waals surface area contributed by atoms with E-state index in [9.17, 15) is 10.2 Å². The van der Waals surface area contributed by atoms with Crippen molar-refractivity contribution in [3.63, 3.8) is 0 Å². The third-order valence-corrected chi connectivity index (χ3v) is 4.44. The minimum Gasteiger partial charge on any atom is -0.507 e. The summed E-state index contributed by atoms with van der Waals surface area (Å²) < 4.78 is 5.08. The van der Waals surface area contributed by atoms with Crippen molar-refractivity contribution < 1.29 is 14.9 Å². The fraction of sp³-hybridized carbons (Fsp3) is 0.0588. The minimum atomic E-state index is 0.131. The maximum Gasteiger partial charge on any atom is 0.133 e. The van der Waals surface area contributed by atoms with E-state index in [1.54, 1.807) is 31.4 Å². The molecular formula is C17H14O3S. The van der Waals surface area contributed by atoms with Crippen molar-refractivity contribution in [2.24, 2.45) is 0 Å². The van der Waals surface area contributed by atoms with Crippen LogP contribution in [-0.2, 0) is 0 Å². The number of phenols is 2. The molecule has 106 valence electrons. The van der Waals surface area contributed by atoms with Crippen molar-refractivity contribution in [3.8, 4) is 17.2 Å². The Bertz CT molecular complexity index is 799. The molecule has 0 atom stereocenters. The summed E-state index contributed by atoms with van der Waals surface area (Å²) in [5.74, 6) is 0.930. The van der Waals surface area contributed by atoms with Crippen LogP contribution in [0.1, 0.15) is 0 Å². The molecule has 0 radical (unpaired) electrons. The Morgan fingerprint density at radius 3 is 2.48 bits per heavy atom. The zero-order chi connectivity index (χ0) is 14.8. The molecule has 21 heavy (non-hydrogen) atoms. The summed E-state index contributed by atoms with van der Waals surface area (Å²) in [7, 11) is 1.55. The summed E-state index contributed by atoms with van der Waals surface area (Å²) in [5, 5.41) is 22.2. The van der Waals surface area contributed by atoms with Gasteiger partial charge in [0.1, 0.15) is 17.2 Å². The number of hydrogen-bond donors (Lipinski definition) is 2. The number of benzene rings is 3. The lowest BCUT2D eigenvalue weighted by molar-refractivity contribution is 0.405. The lowest BCUT2D eigenvalue weighted by atomic mass is 10.1. The average molecular weight is 298 g/mol. The fourth-order valence-corrected chi connectivity index (χ4v) is 3.15. The highest BCUT2D eigenvalue weighted by atomic mass is 32.2. The van der Waals surface area contributed by atoms with E-state index in [4.69, 9.17) is 4.74 Å². The first kappa shape index (κ1) is 13.6. The van der Waals surface area contributed by atoms with Gasteiger partial charge in [0.05, 0.1) is 16.9 Å². The molecule has 0 heterocycles. The Morgan fingerprint density at radius 1 is 0.905 bits per heavy atom. The zero-order valence-corrected chi connectivity index (χ0v) is 12.2. The van der Waals surface area contributed by atoms with Crippen LogP contribution in [-0.4, -0.2) is 17.3 Å². The van der Waals surface area contributed by atoms with E-state index in [-0.39, 0.29) is 11.5 Å². The molecule has 3 nitrogen and oxygen atoms in total. The van der Waals surface area contributed by atoms with Gasteiger partial charge >= 0.3 is 0 Å². The molecule has 0 saturated carbocycles. The van der Waals surface area contributed by atoms with Crippen LogP contribution in [0.3, 0.4) is 0 Å². The maximum atomic E-state index is 10.1. The predicted octanol–water partition coefficient (Wildman–Crippen LogP) is 4.41. The molecule has 2 N–H and O–H groups in total. The number of ether oxygens (including phenoxy) is 1. The molecule has 0 saturated heterocycles. The minimum absolute atomic E-state index is 0.131. The molecule has 0 fully saturated rings. The molecule has 3 aromatic carbocycles. The van der Waals surface area contributed by atoms with Gasteiger partial charge in [-0.15, -0.1) is 0 Å². The van der Waals surface area contributed by atoms with E-state index in [0.29, 0.717) is 10.6 Å². The fourth-order valence-electron chi connectivity index (χ4n) is 2.16. The van der Waals surface area contributed by atoms with Crippen LogP contribution in [0.2, 0.25) is 0 Å². The van der Waals surface area contributed by atoms with E-state index < -0.39 is 0 Å². The third kappa shape index (κ3) is 2.62. The predicted molar refractivity (Wildman–Crippen MR) is 84.4 cm³/mol. The molecule has 3 rings (SSSR count). The van der Waals surface area contributed by atoms with Gasteiger partial charge in [0.25, 0.3) is 0 Å². The van der Waals surface area contributed by atoms with Crippen LogP contribution < -0.4 is 4.74 Å². The van der Waals surface area contributed by atoms with E-state index in [0.717, 1.165) is 15.7 Å². The normalized spacial score (nSPS) is 10.7. The van der Waals surface area contributed by atoms with Gasteiger partial charge < -0.3 is 14.9 Å². The molecule has 0 aliphatic heterocycles. The monoisotopic (exact) mass is 298 g/mol. The highest BCUT2D eigenvalue weighted by molar-refractivity contribution is 7.99. The third-order valence-electron chi connectivity index (χ3n) is 3.24. The average Bonchev–Trinajstić information content (AvgIpc) is 2.51. The first-order chi connectivity index (χ1) is 10.2. The van der Waals surface area contributed by atoms with Crippen LogP contribution in [0, 0.1) is 0 Å². The standard InChI is InChI=1S/C17H14O3S/c1-20-12-7-9-16(15(19)10-12)21-17-13-5-3-2-4-11(13)6-8-14(17)18/h2-10,18-19H,1H3. The molecular weight excluding hydrogens is 284 g/mol. The SMILES string of the molecule is COc1ccc(Sc2c(O)ccc3ccccc23)c(O)c1. The Balaban J connectivity index is 2.07. The molecule has 0 unspecified atom stereocenters. The van der Waals surface area contributed by atoms with Crippen molar-refractivity contribution in [3.05, 3.63) is 54.6 Å². The van der Waals surface area contributed by atoms with Gasteiger partial charge in [-0.1, -0.05) is 42.1 Å². The summed E-state index contributed by atoms with van der Waals surface area (Å²) in [6, 6.07) is 16.5. The molecule has 4 heteroatoms. The Kier molecular flexibility index (Phi) is 3.62. The Labute approximate surface area is 126 Å². The lowest BCUT2D eigenvalue weighted by Gasteiger charge is -2.10. The summed E-state index contributed by atoms with van der Waals surface area (Å²) in [5.41, 5.74) is 0. The largest absolute Gasteiger partial charge is 0.507 e. The molecule has 0 bridgehead atoms. The highest BCUT2D eigenvalue weighted by Gasteiger charge is 2.11. The van der Waals surface area contributed by atoms with Crippen molar-refractivity contribution in [2.45, 2.75) is 9.79 Å². The van der Waals surface area contributed by atoms with E-state index in [1.807, 2.05) is 30.3 Å². The molecule has 0 spiro atoms. The van der Waals surface area contributed by atoms with Crippen molar-refractivity contribution in [1.29, 1.82) is 0 Å². The summed E-state index contributed by atoms with van der Waals surface area (Å²) in [6.45, 7) is 0. The number of aromatic hydroxyl groups is 2. The summed E-state index contributed by atoms with van der Waals surface area (Å²) >= 11 is 1.33. The number of hydrogen-bond acceptors (Lipinski definition) is 4. The quantitative estimate of drug-likeness (QED) is 0.752. The highest BCUT2D eigenvalue weighted by Crippen LogP contribution is 2.43. The molecule has 0 aliphatic rings. The van der Waals surface area contributed by atoms with Crippen LogP contribution in [0.5, 0.6) is 17.2 Å². The van der Waals surface area contributed by atoms with Crippen LogP contribution in [0.25, 0.3) is 10.8 Å². The van der Waals surface area contributed by atoms with Gasteiger partial charge in [0, 0.05) is 6.07 Å². The Hall–Kier alpha value is -2.33. The van der Waals surface area contributed by atoms with E-state index >= 15 is 0 Å². The van der Waals surface area contributed by atoms with E-state index in [1.165, 1.54) is 11.8 Å². The zero-order valence-electron chi connectivity index (χ0n) is 11.4. The first-order valence-corrected chi connectivity index (χ1v) is 7.26. The van der Waals surface area contributed by atoms with Crippen molar-refractivity contribution in [2.75, 3.05) is 7.11 Å². The topological polar surface area (TPSA) is 49.7 Å². The molecule has 0 aliphatic carbocycles. The van der Waals surface area contributed by atoms with Gasteiger partial charge in [0.15, 0.2) is 0 Å². The van der Waals surface area contributed by atoms with Crippen LogP contribution in [0.4, 0.5) is 0 Å². The van der Waals surface area contributed by atoms with Gasteiger partial charge in [-0.2, -0.15) is 0 Å². The van der Waals surface area contributed by atoms with Gasteiger partial charge in [-0.25, -0.2) is 0 Å². The Morgan fingerprint density at radius 2 is 1.71 bits per heavy atom. The number of methoxy groups -OCH3 is 1. The molecule has 0 amide bonds. The summed E-state index contributed by atoms with van der Waals surface area (Å²) in [6.07, 6.45) is 0. The maximum absolute atomic E-state index is 10.1. The van der Waals surface area contributed by atoms with Crippen LogP contribution in [0.15, 0.2) is 64.4 Å². The first-order valence-electron chi connectivity index (χ1n) is 6.44. The molecule has 0 aromatic heterocycles. The van der Waals surface area contributed by atoms with E-state index in [2.05, 4.69) is 0 Å². The van der Waals surface area contributed by atoms with Crippen LogP contribution >= 0.6 is 11.8 Å². The van der Waals surface area contributed by atoms with Gasteiger partial charge in [-0.3, -0.25) is 0 Å². The number of fused-ring (bicyclic) bond motifs is 1. The van der Waals surface area contributed by atoms with Crippen molar-refractivity contribution >= 4 is 22.5 Å².